The highest BCUT2D eigenvalue weighted by molar-refractivity contribution is 5.83. The summed E-state index contributed by atoms with van der Waals surface area (Å²) in [5.74, 6) is 1.57. The van der Waals surface area contributed by atoms with Crippen molar-refractivity contribution >= 4 is 16.9 Å². The smallest absolute Gasteiger partial charge is 0.225 e. The molecule has 0 radical (unpaired) electrons. The number of anilines is 1. The molecular formula is C18H26N4O2. The van der Waals surface area contributed by atoms with Gasteiger partial charge in [0, 0.05) is 44.2 Å². The first-order valence-electron chi connectivity index (χ1n) is 8.44. The highest BCUT2D eigenvalue weighted by atomic mass is 16.5. The maximum Gasteiger partial charge on any atom is 0.225 e. The van der Waals surface area contributed by atoms with Crippen molar-refractivity contribution in [2.75, 3.05) is 51.9 Å². The third-order valence-corrected chi connectivity index (χ3v) is 4.63. The molecule has 0 amide bonds. The van der Waals surface area contributed by atoms with Gasteiger partial charge in [0.05, 0.1) is 31.5 Å². The van der Waals surface area contributed by atoms with Crippen molar-refractivity contribution in [3.05, 3.63) is 23.9 Å². The van der Waals surface area contributed by atoms with E-state index >= 15 is 0 Å². The van der Waals surface area contributed by atoms with Crippen molar-refractivity contribution in [1.82, 2.24) is 14.9 Å². The van der Waals surface area contributed by atoms with Crippen molar-refractivity contribution < 1.29 is 9.47 Å². The Kier molecular flexibility index (Phi) is 5.16. The summed E-state index contributed by atoms with van der Waals surface area (Å²) >= 11 is 0. The molecule has 6 heteroatoms. The van der Waals surface area contributed by atoms with Crippen molar-refractivity contribution in [3.8, 4) is 5.75 Å². The van der Waals surface area contributed by atoms with Gasteiger partial charge in [0.1, 0.15) is 5.75 Å². The average molecular weight is 330 g/mol. The number of nitrogens with zero attached hydrogens (tertiary/aromatic N) is 4. The standard InChI is InChI=1S/C18H26N4O2/c1-13(22-7-9-24-10-8-22)12-21(3)18-19-14(2)16-6-5-15(23-4)11-17(16)20-18/h5-6,11,13H,7-10,12H2,1-4H3. The maximum absolute atomic E-state index is 5.43. The molecule has 1 atom stereocenters. The minimum atomic E-state index is 0.434. The third kappa shape index (κ3) is 3.60. The second-order valence-electron chi connectivity index (χ2n) is 6.37. The fourth-order valence-corrected chi connectivity index (χ4v) is 3.16. The Bertz CT molecular complexity index is 701. The summed E-state index contributed by atoms with van der Waals surface area (Å²) in [7, 11) is 3.73. The quantitative estimate of drug-likeness (QED) is 0.837. The number of aryl methyl sites for hydroxylation is 1. The van der Waals surface area contributed by atoms with Crippen LogP contribution in [0.5, 0.6) is 5.75 Å². The second kappa shape index (κ2) is 7.32. The van der Waals surface area contributed by atoms with Gasteiger partial charge in [-0.1, -0.05) is 0 Å². The molecule has 0 aliphatic carbocycles. The number of likely N-dealkylation sites (N-methyl/N-ethyl adjacent to an activating group) is 1. The van der Waals surface area contributed by atoms with Gasteiger partial charge >= 0.3 is 0 Å². The highest BCUT2D eigenvalue weighted by Crippen LogP contribution is 2.23. The molecule has 1 fully saturated rings. The van der Waals surface area contributed by atoms with Crippen LogP contribution in [0.3, 0.4) is 0 Å². The molecular weight excluding hydrogens is 304 g/mol. The zero-order chi connectivity index (χ0) is 17.1. The molecule has 0 bridgehead atoms. The van der Waals surface area contributed by atoms with E-state index in [1.807, 2.05) is 25.1 Å². The van der Waals surface area contributed by atoms with E-state index in [1.165, 1.54) is 0 Å². The zero-order valence-electron chi connectivity index (χ0n) is 15.0. The Morgan fingerprint density at radius 2 is 2.04 bits per heavy atom. The molecule has 1 aliphatic rings. The SMILES string of the molecule is COc1ccc2c(C)nc(N(C)CC(C)N3CCOCC3)nc2c1. The number of fused-ring (bicyclic) bond motifs is 1. The summed E-state index contributed by atoms with van der Waals surface area (Å²) in [6.45, 7) is 8.78. The minimum absolute atomic E-state index is 0.434. The average Bonchev–Trinajstić information content (AvgIpc) is 2.61. The molecule has 1 saturated heterocycles. The lowest BCUT2D eigenvalue weighted by Crippen LogP contribution is -2.47. The number of benzene rings is 1. The van der Waals surface area contributed by atoms with Crippen molar-refractivity contribution in [2.45, 2.75) is 19.9 Å². The number of hydrogen-bond donors (Lipinski definition) is 0. The van der Waals surface area contributed by atoms with Crippen LogP contribution < -0.4 is 9.64 Å². The molecule has 2 aromatic rings. The summed E-state index contributed by atoms with van der Waals surface area (Å²) < 4.78 is 10.7. The molecule has 1 aromatic carbocycles. The first kappa shape index (κ1) is 16.9. The fourth-order valence-electron chi connectivity index (χ4n) is 3.16. The molecule has 6 nitrogen and oxygen atoms in total. The molecule has 0 saturated carbocycles. The van der Waals surface area contributed by atoms with Crippen LogP contribution >= 0.6 is 0 Å². The van der Waals surface area contributed by atoms with Gasteiger partial charge in [0.25, 0.3) is 0 Å². The van der Waals surface area contributed by atoms with Crippen LogP contribution in [0.4, 0.5) is 5.95 Å². The topological polar surface area (TPSA) is 50.7 Å². The lowest BCUT2D eigenvalue weighted by atomic mass is 10.2. The van der Waals surface area contributed by atoms with E-state index in [0.29, 0.717) is 6.04 Å². The van der Waals surface area contributed by atoms with E-state index in [1.54, 1.807) is 7.11 Å². The molecule has 3 rings (SSSR count). The third-order valence-electron chi connectivity index (χ3n) is 4.63. The first-order valence-corrected chi connectivity index (χ1v) is 8.44. The second-order valence-corrected chi connectivity index (χ2v) is 6.37. The number of morpholine rings is 1. The fraction of sp³-hybridized carbons (Fsp3) is 0.556. The monoisotopic (exact) mass is 330 g/mol. The summed E-state index contributed by atoms with van der Waals surface area (Å²) in [6, 6.07) is 6.36. The molecule has 1 unspecified atom stereocenters. The number of ether oxygens (including phenoxy) is 2. The predicted molar refractivity (Wildman–Crippen MR) is 96.0 cm³/mol. The van der Waals surface area contributed by atoms with E-state index < -0.39 is 0 Å². The number of aromatic nitrogens is 2. The van der Waals surface area contributed by atoms with Gasteiger partial charge in [-0.25, -0.2) is 9.97 Å². The molecule has 1 aromatic heterocycles. The molecule has 1 aliphatic heterocycles. The lowest BCUT2D eigenvalue weighted by molar-refractivity contribution is 0.0217. The van der Waals surface area contributed by atoms with Gasteiger partial charge in [-0.3, -0.25) is 4.90 Å². The predicted octanol–water partition coefficient (Wildman–Crippen LogP) is 2.10. The van der Waals surface area contributed by atoms with Crippen LogP contribution in [0.2, 0.25) is 0 Å². The van der Waals surface area contributed by atoms with E-state index in [4.69, 9.17) is 14.5 Å². The Morgan fingerprint density at radius 3 is 2.75 bits per heavy atom. The molecule has 0 spiro atoms. The van der Waals surface area contributed by atoms with Gasteiger partial charge in [-0.05, 0) is 26.0 Å². The van der Waals surface area contributed by atoms with Crippen LogP contribution in [0.1, 0.15) is 12.6 Å². The Balaban J connectivity index is 1.79. The van der Waals surface area contributed by atoms with E-state index in [-0.39, 0.29) is 0 Å². The summed E-state index contributed by atoms with van der Waals surface area (Å²) in [6.07, 6.45) is 0. The van der Waals surface area contributed by atoms with Crippen LogP contribution in [0.25, 0.3) is 10.9 Å². The number of rotatable bonds is 5. The van der Waals surface area contributed by atoms with Crippen molar-refractivity contribution in [1.29, 1.82) is 0 Å². The van der Waals surface area contributed by atoms with E-state index in [2.05, 4.69) is 28.8 Å². The maximum atomic E-state index is 5.43. The zero-order valence-corrected chi connectivity index (χ0v) is 15.0. The van der Waals surface area contributed by atoms with Crippen LogP contribution in [-0.2, 0) is 4.74 Å². The molecule has 24 heavy (non-hydrogen) atoms. The normalized spacial score (nSPS) is 17.0. The van der Waals surface area contributed by atoms with E-state index in [9.17, 15) is 0 Å². The van der Waals surface area contributed by atoms with Crippen molar-refractivity contribution in [3.63, 3.8) is 0 Å². The largest absolute Gasteiger partial charge is 0.497 e. The first-order chi connectivity index (χ1) is 11.6. The van der Waals surface area contributed by atoms with Crippen LogP contribution in [0, 0.1) is 6.92 Å². The summed E-state index contributed by atoms with van der Waals surface area (Å²) in [5.41, 5.74) is 1.91. The lowest BCUT2D eigenvalue weighted by Gasteiger charge is -2.34. The van der Waals surface area contributed by atoms with Gasteiger partial charge in [-0.15, -0.1) is 0 Å². The molecule has 0 N–H and O–H groups in total. The Hall–Kier alpha value is -1.92. The highest BCUT2D eigenvalue weighted by Gasteiger charge is 2.19. The van der Waals surface area contributed by atoms with Gasteiger partial charge in [0.15, 0.2) is 0 Å². The van der Waals surface area contributed by atoms with Gasteiger partial charge in [-0.2, -0.15) is 0 Å². The number of hydrogen-bond acceptors (Lipinski definition) is 6. The van der Waals surface area contributed by atoms with Gasteiger partial charge < -0.3 is 14.4 Å². The van der Waals surface area contributed by atoms with Crippen molar-refractivity contribution in [2.24, 2.45) is 0 Å². The van der Waals surface area contributed by atoms with Crippen LogP contribution in [0.15, 0.2) is 18.2 Å². The molecule has 2 heterocycles. The van der Waals surface area contributed by atoms with Crippen LogP contribution in [-0.4, -0.2) is 67.9 Å². The summed E-state index contributed by atoms with van der Waals surface area (Å²) in [5, 5.41) is 1.06. The Morgan fingerprint density at radius 1 is 1.29 bits per heavy atom. The van der Waals surface area contributed by atoms with Gasteiger partial charge in [0.2, 0.25) is 5.95 Å². The minimum Gasteiger partial charge on any atom is -0.497 e. The van der Waals surface area contributed by atoms with E-state index in [0.717, 1.165) is 61.1 Å². The summed E-state index contributed by atoms with van der Waals surface area (Å²) in [4.78, 5) is 14.0. The Labute approximate surface area is 143 Å². The molecule has 130 valence electrons. The number of methoxy groups -OCH3 is 1.